The van der Waals surface area contributed by atoms with Crippen LogP contribution < -0.4 is 14.4 Å². The minimum Gasteiger partial charge on any atom is -0.495 e. The van der Waals surface area contributed by atoms with Gasteiger partial charge in [0.15, 0.2) is 5.13 Å². The van der Waals surface area contributed by atoms with Crippen molar-refractivity contribution in [2.24, 2.45) is 0 Å². The van der Waals surface area contributed by atoms with Gasteiger partial charge in [0.2, 0.25) is 5.91 Å². The predicted octanol–water partition coefficient (Wildman–Crippen LogP) is 5.40. The second kappa shape index (κ2) is 9.18. The summed E-state index contributed by atoms with van der Waals surface area (Å²) in [5, 5.41) is 0.624. The molecule has 158 valence electrons. The highest BCUT2D eigenvalue weighted by atomic mass is 32.1. The van der Waals surface area contributed by atoms with Crippen molar-refractivity contribution in [2.45, 2.75) is 19.9 Å². The average molecular weight is 433 g/mol. The molecule has 0 fully saturated rings. The van der Waals surface area contributed by atoms with Crippen LogP contribution >= 0.6 is 11.3 Å². The maximum absolute atomic E-state index is 13.4. The molecule has 0 saturated carbocycles. The third-order valence-corrected chi connectivity index (χ3v) is 6.18. The number of carbonyl (C=O) groups is 1. The average Bonchev–Trinajstić information content (AvgIpc) is 3.24. The molecule has 1 heterocycles. The minimum absolute atomic E-state index is 0.00954. The van der Waals surface area contributed by atoms with Crippen LogP contribution in [-0.4, -0.2) is 25.1 Å². The van der Waals surface area contributed by atoms with Gasteiger partial charge < -0.3 is 9.47 Å². The van der Waals surface area contributed by atoms with E-state index in [0.717, 1.165) is 15.8 Å². The zero-order valence-corrected chi connectivity index (χ0v) is 18.6. The maximum Gasteiger partial charge on any atom is 0.233 e. The van der Waals surface area contributed by atoms with Crippen LogP contribution in [-0.2, 0) is 17.8 Å². The van der Waals surface area contributed by atoms with E-state index in [4.69, 9.17) is 14.5 Å². The number of rotatable bonds is 7. The van der Waals surface area contributed by atoms with E-state index in [2.05, 4.69) is 0 Å². The second-order valence-corrected chi connectivity index (χ2v) is 8.25. The molecule has 4 aromatic rings. The summed E-state index contributed by atoms with van der Waals surface area (Å²) in [5.41, 5.74) is 3.88. The fourth-order valence-corrected chi connectivity index (χ4v) is 4.49. The molecule has 0 bridgehead atoms. The summed E-state index contributed by atoms with van der Waals surface area (Å²) in [6.45, 7) is 2.48. The van der Waals surface area contributed by atoms with Crippen molar-refractivity contribution >= 4 is 32.6 Å². The van der Waals surface area contributed by atoms with E-state index in [-0.39, 0.29) is 5.91 Å². The molecule has 0 unspecified atom stereocenters. The van der Waals surface area contributed by atoms with E-state index in [1.807, 2.05) is 73.7 Å². The lowest BCUT2D eigenvalue weighted by Gasteiger charge is -2.20. The number of amides is 1. The monoisotopic (exact) mass is 432 g/mol. The molecule has 0 aliphatic carbocycles. The van der Waals surface area contributed by atoms with Crippen LogP contribution in [0.2, 0.25) is 0 Å². The fraction of sp³-hybridized carbons (Fsp3) is 0.200. The Morgan fingerprint density at radius 3 is 2.26 bits per heavy atom. The summed E-state index contributed by atoms with van der Waals surface area (Å²) in [6.07, 6.45) is 0.303. The van der Waals surface area contributed by atoms with Crippen molar-refractivity contribution in [1.82, 2.24) is 4.98 Å². The molecule has 3 aromatic carbocycles. The minimum atomic E-state index is -0.00954. The lowest BCUT2D eigenvalue weighted by atomic mass is 10.1. The van der Waals surface area contributed by atoms with Crippen LogP contribution in [0.1, 0.15) is 16.7 Å². The van der Waals surface area contributed by atoms with Crippen molar-refractivity contribution in [3.05, 3.63) is 83.4 Å². The van der Waals surface area contributed by atoms with Crippen LogP contribution in [0, 0.1) is 6.92 Å². The Hall–Kier alpha value is -3.38. The van der Waals surface area contributed by atoms with E-state index in [1.165, 1.54) is 16.9 Å². The van der Waals surface area contributed by atoms with Gasteiger partial charge in [-0.2, -0.15) is 0 Å². The molecular weight excluding hydrogens is 408 g/mol. The van der Waals surface area contributed by atoms with E-state index >= 15 is 0 Å². The van der Waals surface area contributed by atoms with E-state index in [9.17, 15) is 4.79 Å². The number of hydrogen-bond donors (Lipinski definition) is 0. The second-order valence-electron chi connectivity index (χ2n) is 7.27. The molecule has 1 amide bonds. The Morgan fingerprint density at radius 1 is 0.903 bits per heavy atom. The zero-order valence-electron chi connectivity index (χ0n) is 17.8. The molecule has 4 rings (SSSR count). The first-order valence-electron chi connectivity index (χ1n) is 10.0. The molecule has 5 nitrogen and oxygen atoms in total. The largest absolute Gasteiger partial charge is 0.495 e. The summed E-state index contributed by atoms with van der Waals surface area (Å²) in [5.74, 6) is 1.36. The summed E-state index contributed by atoms with van der Waals surface area (Å²) in [6, 6.07) is 21.7. The lowest BCUT2D eigenvalue weighted by molar-refractivity contribution is -0.118. The molecule has 0 saturated heterocycles. The van der Waals surface area contributed by atoms with Gasteiger partial charge in [0, 0.05) is 0 Å². The first-order chi connectivity index (χ1) is 15.1. The maximum atomic E-state index is 13.4. The van der Waals surface area contributed by atoms with Crippen molar-refractivity contribution in [2.75, 3.05) is 19.1 Å². The number of carbonyl (C=O) groups excluding carboxylic acids is 1. The SMILES string of the molecule is COc1ccc(OC)c2sc(N(Cc3ccccc3)C(=O)Cc3ccc(C)cc3)nc12. The molecule has 1 aromatic heterocycles. The Bertz CT molecular complexity index is 1150. The number of nitrogens with zero attached hydrogens (tertiary/aromatic N) is 2. The summed E-state index contributed by atoms with van der Waals surface area (Å²) in [7, 11) is 3.25. The third kappa shape index (κ3) is 4.54. The third-order valence-electron chi connectivity index (χ3n) is 5.09. The van der Waals surface area contributed by atoms with Crippen LogP contribution in [0.5, 0.6) is 11.5 Å². The number of aryl methyl sites for hydroxylation is 1. The van der Waals surface area contributed by atoms with Crippen LogP contribution in [0.25, 0.3) is 10.2 Å². The van der Waals surface area contributed by atoms with Gasteiger partial charge in [-0.25, -0.2) is 4.98 Å². The fourth-order valence-electron chi connectivity index (χ4n) is 3.39. The first-order valence-corrected chi connectivity index (χ1v) is 10.8. The zero-order chi connectivity index (χ0) is 21.8. The molecule has 0 spiro atoms. The van der Waals surface area contributed by atoms with Crippen molar-refractivity contribution in [1.29, 1.82) is 0 Å². The van der Waals surface area contributed by atoms with Gasteiger partial charge in [-0.1, -0.05) is 71.5 Å². The smallest absolute Gasteiger partial charge is 0.233 e. The highest BCUT2D eigenvalue weighted by molar-refractivity contribution is 7.22. The highest BCUT2D eigenvalue weighted by Crippen LogP contribution is 2.40. The molecule has 0 aliphatic heterocycles. The molecule has 0 N–H and O–H groups in total. The van der Waals surface area contributed by atoms with Crippen molar-refractivity contribution in [3.63, 3.8) is 0 Å². The van der Waals surface area contributed by atoms with Crippen LogP contribution in [0.3, 0.4) is 0 Å². The molecule has 0 aliphatic rings. The Balaban J connectivity index is 1.74. The van der Waals surface area contributed by atoms with Crippen molar-refractivity contribution in [3.8, 4) is 11.5 Å². The molecule has 0 radical (unpaired) electrons. The molecular formula is C25H24N2O3S. The van der Waals surface area contributed by atoms with Gasteiger partial charge in [0.05, 0.1) is 27.2 Å². The van der Waals surface area contributed by atoms with Crippen LogP contribution in [0.4, 0.5) is 5.13 Å². The Kier molecular flexibility index (Phi) is 6.18. The number of methoxy groups -OCH3 is 2. The topological polar surface area (TPSA) is 51.7 Å². The number of thiazole rings is 1. The summed E-state index contributed by atoms with van der Waals surface area (Å²) in [4.78, 5) is 20.0. The van der Waals surface area contributed by atoms with Gasteiger partial charge >= 0.3 is 0 Å². The first kappa shape index (κ1) is 20.9. The Morgan fingerprint density at radius 2 is 1.58 bits per heavy atom. The highest BCUT2D eigenvalue weighted by Gasteiger charge is 2.23. The summed E-state index contributed by atoms with van der Waals surface area (Å²) < 4.78 is 11.9. The number of benzene rings is 3. The van der Waals surface area contributed by atoms with Crippen molar-refractivity contribution < 1.29 is 14.3 Å². The number of ether oxygens (including phenoxy) is 2. The molecule has 0 atom stereocenters. The van der Waals surface area contributed by atoms with Crippen LogP contribution in [0.15, 0.2) is 66.7 Å². The van der Waals surface area contributed by atoms with Gasteiger partial charge in [-0.3, -0.25) is 9.69 Å². The summed E-state index contributed by atoms with van der Waals surface area (Å²) >= 11 is 1.44. The quantitative estimate of drug-likeness (QED) is 0.392. The van der Waals surface area contributed by atoms with E-state index in [1.54, 1.807) is 19.1 Å². The van der Waals surface area contributed by atoms with Gasteiger partial charge in [-0.15, -0.1) is 0 Å². The predicted molar refractivity (Wildman–Crippen MR) is 125 cm³/mol. The standard InChI is InChI=1S/C25H24N2O3S/c1-17-9-11-18(12-10-17)15-22(28)27(16-19-7-5-4-6-8-19)25-26-23-20(29-2)13-14-21(30-3)24(23)31-25/h4-14H,15-16H2,1-3H3. The van der Waals surface area contributed by atoms with E-state index < -0.39 is 0 Å². The van der Waals surface area contributed by atoms with E-state index in [0.29, 0.717) is 35.1 Å². The number of fused-ring (bicyclic) bond motifs is 1. The number of anilines is 1. The van der Waals surface area contributed by atoms with Gasteiger partial charge in [0.25, 0.3) is 0 Å². The Labute approximate surface area is 185 Å². The number of aromatic nitrogens is 1. The van der Waals surface area contributed by atoms with Gasteiger partial charge in [-0.05, 0) is 30.2 Å². The number of hydrogen-bond acceptors (Lipinski definition) is 5. The molecule has 6 heteroatoms. The lowest BCUT2D eigenvalue weighted by Crippen LogP contribution is -2.31. The van der Waals surface area contributed by atoms with Gasteiger partial charge in [0.1, 0.15) is 21.7 Å². The molecule has 31 heavy (non-hydrogen) atoms. The normalized spacial score (nSPS) is 10.8.